The standard InChI is InChI=1S/C21H29N3O2S/c1-15-13-22-20(18-7-11-26-12-8-18)24(15)14-17-5-9-23(10-6-17)21(25)19-4-3-16(2)27-19/h3-4,13,17-18H,5-12,14H2,1-2H3. The van der Waals surface area contributed by atoms with Crippen LogP contribution in [0.4, 0.5) is 0 Å². The van der Waals surface area contributed by atoms with Crippen LogP contribution in [-0.4, -0.2) is 46.7 Å². The molecule has 4 rings (SSSR count). The van der Waals surface area contributed by atoms with E-state index in [0.29, 0.717) is 11.8 Å². The van der Waals surface area contributed by atoms with Gasteiger partial charge in [0.25, 0.3) is 5.91 Å². The van der Waals surface area contributed by atoms with Crippen LogP contribution in [0, 0.1) is 19.8 Å². The lowest BCUT2D eigenvalue weighted by atomic mass is 9.95. The smallest absolute Gasteiger partial charge is 0.263 e. The third kappa shape index (κ3) is 4.11. The molecule has 2 aromatic rings. The quantitative estimate of drug-likeness (QED) is 0.796. The van der Waals surface area contributed by atoms with Crippen molar-refractivity contribution in [2.75, 3.05) is 26.3 Å². The summed E-state index contributed by atoms with van der Waals surface area (Å²) in [7, 11) is 0. The molecule has 0 saturated carbocycles. The molecule has 2 aliphatic rings. The Morgan fingerprint density at radius 2 is 1.93 bits per heavy atom. The molecule has 27 heavy (non-hydrogen) atoms. The van der Waals surface area contributed by atoms with E-state index >= 15 is 0 Å². The van der Waals surface area contributed by atoms with Gasteiger partial charge in [-0.05, 0) is 57.6 Å². The number of rotatable bonds is 4. The van der Waals surface area contributed by atoms with Gasteiger partial charge in [0.05, 0.1) is 4.88 Å². The van der Waals surface area contributed by atoms with Gasteiger partial charge in [-0.1, -0.05) is 0 Å². The van der Waals surface area contributed by atoms with Gasteiger partial charge in [-0.2, -0.15) is 0 Å². The molecule has 2 saturated heterocycles. The highest BCUT2D eigenvalue weighted by molar-refractivity contribution is 7.13. The minimum atomic E-state index is 0.202. The molecule has 2 aromatic heterocycles. The Morgan fingerprint density at radius 1 is 1.19 bits per heavy atom. The second-order valence-electron chi connectivity index (χ2n) is 7.90. The Labute approximate surface area is 165 Å². The Hall–Kier alpha value is -1.66. The van der Waals surface area contributed by atoms with Gasteiger partial charge in [-0.3, -0.25) is 4.79 Å². The van der Waals surface area contributed by atoms with Gasteiger partial charge in [0.1, 0.15) is 5.82 Å². The molecule has 2 aliphatic heterocycles. The highest BCUT2D eigenvalue weighted by Gasteiger charge is 2.27. The number of aryl methyl sites for hydroxylation is 2. The van der Waals surface area contributed by atoms with Gasteiger partial charge in [0.15, 0.2) is 0 Å². The number of hydrogen-bond acceptors (Lipinski definition) is 4. The summed E-state index contributed by atoms with van der Waals surface area (Å²) in [5.41, 5.74) is 1.25. The highest BCUT2D eigenvalue weighted by atomic mass is 32.1. The molecule has 6 heteroatoms. The topological polar surface area (TPSA) is 47.4 Å². The molecule has 0 aromatic carbocycles. The van der Waals surface area contributed by atoms with E-state index in [-0.39, 0.29) is 5.91 Å². The minimum absolute atomic E-state index is 0.202. The maximum absolute atomic E-state index is 12.7. The number of carbonyl (C=O) groups is 1. The van der Waals surface area contributed by atoms with Crippen LogP contribution in [0.15, 0.2) is 18.3 Å². The van der Waals surface area contributed by atoms with Gasteiger partial charge in [-0.25, -0.2) is 4.98 Å². The summed E-state index contributed by atoms with van der Waals surface area (Å²) >= 11 is 1.60. The summed E-state index contributed by atoms with van der Waals surface area (Å²) in [6.45, 7) is 8.66. The first-order valence-electron chi connectivity index (χ1n) is 10.1. The highest BCUT2D eigenvalue weighted by Crippen LogP contribution is 2.29. The summed E-state index contributed by atoms with van der Waals surface area (Å²) < 4.78 is 7.95. The van der Waals surface area contributed by atoms with Crippen molar-refractivity contribution in [3.8, 4) is 0 Å². The molecule has 0 unspecified atom stereocenters. The lowest BCUT2D eigenvalue weighted by molar-refractivity contribution is 0.0684. The number of piperidine rings is 1. The van der Waals surface area contributed by atoms with Crippen LogP contribution in [0.5, 0.6) is 0 Å². The SMILES string of the molecule is Cc1ccc(C(=O)N2CCC(Cn3c(C)cnc3C3CCOCC3)CC2)s1. The van der Waals surface area contributed by atoms with Crippen molar-refractivity contribution in [2.24, 2.45) is 5.92 Å². The fraction of sp³-hybridized carbons (Fsp3) is 0.619. The summed E-state index contributed by atoms with van der Waals surface area (Å²) in [5, 5.41) is 0. The van der Waals surface area contributed by atoms with E-state index in [1.165, 1.54) is 16.4 Å². The third-order valence-electron chi connectivity index (χ3n) is 5.97. The molecular formula is C21H29N3O2S. The van der Waals surface area contributed by atoms with E-state index in [1.54, 1.807) is 11.3 Å². The van der Waals surface area contributed by atoms with E-state index in [4.69, 9.17) is 9.72 Å². The van der Waals surface area contributed by atoms with Gasteiger partial charge < -0.3 is 14.2 Å². The number of likely N-dealkylation sites (tertiary alicyclic amines) is 1. The number of carbonyl (C=O) groups excluding carboxylic acids is 1. The van der Waals surface area contributed by atoms with Crippen molar-refractivity contribution in [3.05, 3.63) is 39.6 Å². The van der Waals surface area contributed by atoms with Crippen LogP contribution in [0.3, 0.4) is 0 Å². The zero-order chi connectivity index (χ0) is 18.8. The average molecular weight is 388 g/mol. The summed E-state index contributed by atoms with van der Waals surface area (Å²) in [6.07, 6.45) is 6.30. The van der Waals surface area contributed by atoms with E-state index in [0.717, 1.165) is 63.4 Å². The van der Waals surface area contributed by atoms with Crippen molar-refractivity contribution in [1.29, 1.82) is 0 Å². The number of aromatic nitrogens is 2. The lowest BCUT2D eigenvalue weighted by Crippen LogP contribution is -2.39. The normalized spacial score (nSPS) is 19.6. The summed E-state index contributed by atoms with van der Waals surface area (Å²) in [6, 6.07) is 3.99. The van der Waals surface area contributed by atoms with Gasteiger partial charge in [0.2, 0.25) is 0 Å². The fourth-order valence-electron chi connectivity index (χ4n) is 4.28. The number of amides is 1. The van der Waals surface area contributed by atoms with Crippen LogP contribution < -0.4 is 0 Å². The van der Waals surface area contributed by atoms with Gasteiger partial charge in [0, 0.05) is 55.5 Å². The molecule has 146 valence electrons. The van der Waals surface area contributed by atoms with Crippen LogP contribution in [0.25, 0.3) is 0 Å². The fourth-order valence-corrected chi connectivity index (χ4v) is 5.12. The number of ether oxygens (including phenoxy) is 1. The third-order valence-corrected chi connectivity index (χ3v) is 6.95. The van der Waals surface area contributed by atoms with Crippen molar-refractivity contribution >= 4 is 17.2 Å². The maximum Gasteiger partial charge on any atom is 0.263 e. The Morgan fingerprint density at radius 3 is 2.59 bits per heavy atom. The Bertz CT molecular complexity index is 783. The zero-order valence-corrected chi connectivity index (χ0v) is 17.1. The number of imidazole rings is 1. The number of hydrogen-bond donors (Lipinski definition) is 0. The predicted octanol–water partition coefficient (Wildman–Crippen LogP) is 4.01. The molecule has 0 aliphatic carbocycles. The summed E-state index contributed by atoms with van der Waals surface area (Å²) in [4.78, 5) is 21.5. The molecule has 2 fully saturated rings. The van der Waals surface area contributed by atoms with Gasteiger partial charge >= 0.3 is 0 Å². The second-order valence-corrected chi connectivity index (χ2v) is 9.19. The predicted molar refractivity (Wildman–Crippen MR) is 107 cm³/mol. The largest absolute Gasteiger partial charge is 0.381 e. The average Bonchev–Trinajstić information content (AvgIpc) is 3.29. The molecule has 0 atom stereocenters. The second kappa shape index (κ2) is 8.15. The first-order valence-corrected chi connectivity index (χ1v) is 10.9. The maximum atomic E-state index is 12.7. The van der Waals surface area contributed by atoms with Crippen LogP contribution in [0.1, 0.15) is 57.7 Å². The van der Waals surface area contributed by atoms with Crippen molar-refractivity contribution in [1.82, 2.24) is 14.5 Å². The van der Waals surface area contributed by atoms with Gasteiger partial charge in [-0.15, -0.1) is 11.3 Å². The van der Waals surface area contributed by atoms with Crippen LogP contribution in [0.2, 0.25) is 0 Å². The molecule has 0 spiro atoms. The van der Waals surface area contributed by atoms with E-state index in [1.807, 2.05) is 23.2 Å². The number of nitrogens with zero attached hydrogens (tertiary/aromatic N) is 3. The van der Waals surface area contributed by atoms with Crippen LogP contribution >= 0.6 is 11.3 Å². The molecule has 0 bridgehead atoms. The van der Waals surface area contributed by atoms with E-state index in [2.05, 4.69) is 18.4 Å². The minimum Gasteiger partial charge on any atom is -0.381 e. The molecular weight excluding hydrogens is 358 g/mol. The monoisotopic (exact) mass is 387 g/mol. The van der Waals surface area contributed by atoms with E-state index < -0.39 is 0 Å². The van der Waals surface area contributed by atoms with Crippen molar-refractivity contribution in [3.63, 3.8) is 0 Å². The first-order chi connectivity index (χ1) is 13.1. The zero-order valence-electron chi connectivity index (χ0n) is 16.3. The lowest BCUT2D eigenvalue weighted by Gasteiger charge is -2.33. The summed E-state index contributed by atoms with van der Waals surface area (Å²) in [5.74, 6) is 2.58. The molecule has 5 nitrogen and oxygen atoms in total. The van der Waals surface area contributed by atoms with Crippen LogP contribution in [-0.2, 0) is 11.3 Å². The molecule has 4 heterocycles. The van der Waals surface area contributed by atoms with E-state index in [9.17, 15) is 4.79 Å². The first kappa shape index (κ1) is 18.7. The Balaban J connectivity index is 1.37. The Kier molecular flexibility index (Phi) is 5.64. The molecule has 1 amide bonds. The molecule has 0 radical (unpaired) electrons. The molecule has 0 N–H and O–H groups in total. The number of thiophene rings is 1. The van der Waals surface area contributed by atoms with Crippen molar-refractivity contribution < 1.29 is 9.53 Å². The van der Waals surface area contributed by atoms with Crippen molar-refractivity contribution in [2.45, 2.75) is 52.0 Å².